The molecule has 0 unspecified atom stereocenters. The van der Waals surface area contributed by atoms with Crippen LogP contribution in [-0.4, -0.2) is 30.3 Å². The highest BCUT2D eigenvalue weighted by Crippen LogP contribution is 2.29. The normalized spacial score (nSPS) is 12.6. The van der Waals surface area contributed by atoms with Crippen LogP contribution in [0.5, 0.6) is 0 Å². The maximum atomic E-state index is 12.5. The smallest absolute Gasteiger partial charge is 0.316 e. The molecule has 28 heavy (non-hydrogen) atoms. The highest BCUT2D eigenvalue weighted by molar-refractivity contribution is 6.10. The van der Waals surface area contributed by atoms with E-state index in [0.717, 1.165) is 0 Å². The molecular formula is C19H19N5O4. The first-order valence-corrected chi connectivity index (χ1v) is 8.58. The van der Waals surface area contributed by atoms with Gasteiger partial charge in [0.2, 0.25) is 17.7 Å². The molecule has 0 spiro atoms. The summed E-state index contributed by atoms with van der Waals surface area (Å²) in [6, 6.07) is 12.7. The van der Waals surface area contributed by atoms with Gasteiger partial charge in [-0.05, 0) is 36.4 Å². The molecule has 0 bridgehead atoms. The SMILES string of the molecule is NC(=O)Nc1ccc(NC(=O)CCC(=O)N2CC(=O)Nc3ccccc32)cc1. The van der Waals surface area contributed by atoms with Gasteiger partial charge >= 0.3 is 6.03 Å². The molecule has 1 aliphatic heterocycles. The third-order valence-corrected chi connectivity index (χ3v) is 4.07. The lowest BCUT2D eigenvalue weighted by Crippen LogP contribution is -2.42. The van der Waals surface area contributed by atoms with Crippen LogP contribution in [0.2, 0.25) is 0 Å². The van der Waals surface area contributed by atoms with E-state index in [-0.39, 0.29) is 37.1 Å². The number of para-hydroxylation sites is 2. The van der Waals surface area contributed by atoms with Crippen molar-refractivity contribution in [2.24, 2.45) is 5.73 Å². The number of benzene rings is 2. The maximum Gasteiger partial charge on any atom is 0.316 e. The molecule has 0 saturated carbocycles. The van der Waals surface area contributed by atoms with Gasteiger partial charge in [-0.3, -0.25) is 14.4 Å². The Bertz CT molecular complexity index is 926. The van der Waals surface area contributed by atoms with Gasteiger partial charge in [0.05, 0.1) is 11.4 Å². The Morgan fingerprint density at radius 3 is 2.29 bits per heavy atom. The first kappa shape index (κ1) is 18.9. The number of hydrogen-bond acceptors (Lipinski definition) is 4. The largest absolute Gasteiger partial charge is 0.351 e. The molecule has 1 heterocycles. The fraction of sp³-hybridized carbons (Fsp3) is 0.158. The third-order valence-electron chi connectivity index (χ3n) is 4.07. The zero-order valence-electron chi connectivity index (χ0n) is 14.9. The number of amides is 5. The molecule has 0 aliphatic carbocycles. The average Bonchev–Trinajstić information content (AvgIpc) is 2.66. The number of nitrogens with two attached hydrogens (primary N) is 1. The number of rotatable bonds is 5. The highest BCUT2D eigenvalue weighted by atomic mass is 16.2. The number of hydrogen-bond donors (Lipinski definition) is 4. The van der Waals surface area contributed by atoms with E-state index in [4.69, 9.17) is 5.73 Å². The molecule has 1 aliphatic rings. The quantitative estimate of drug-likeness (QED) is 0.629. The Kier molecular flexibility index (Phi) is 5.54. The molecule has 0 saturated heterocycles. The topological polar surface area (TPSA) is 134 Å². The Morgan fingerprint density at radius 2 is 1.61 bits per heavy atom. The van der Waals surface area contributed by atoms with Crippen LogP contribution < -0.4 is 26.6 Å². The van der Waals surface area contributed by atoms with Crippen LogP contribution in [0.3, 0.4) is 0 Å². The van der Waals surface area contributed by atoms with Crippen molar-refractivity contribution in [2.75, 3.05) is 27.4 Å². The minimum Gasteiger partial charge on any atom is -0.351 e. The lowest BCUT2D eigenvalue weighted by Gasteiger charge is -2.29. The predicted molar refractivity (Wildman–Crippen MR) is 105 cm³/mol. The van der Waals surface area contributed by atoms with E-state index in [1.807, 2.05) is 0 Å². The van der Waals surface area contributed by atoms with Crippen LogP contribution >= 0.6 is 0 Å². The predicted octanol–water partition coefficient (Wildman–Crippen LogP) is 1.88. The summed E-state index contributed by atoms with van der Waals surface area (Å²) in [5.41, 5.74) is 7.24. The van der Waals surface area contributed by atoms with Crippen molar-refractivity contribution in [1.29, 1.82) is 0 Å². The fourth-order valence-corrected chi connectivity index (χ4v) is 2.81. The molecule has 0 fully saturated rings. The molecule has 5 amide bonds. The van der Waals surface area contributed by atoms with Gasteiger partial charge in [0.25, 0.3) is 0 Å². The molecule has 9 heteroatoms. The number of nitrogens with one attached hydrogen (secondary N) is 3. The molecule has 2 aromatic rings. The number of fused-ring (bicyclic) bond motifs is 1. The minimum absolute atomic E-state index is 0.0274. The number of anilines is 4. The van der Waals surface area contributed by atoms with E-state index in [1.165, 1.54) is 4.90 Å². The molecule has 144 valence electrons. The Labute approximate surface area is 160 Å². The number of urea groups is 1. The summed E-state index contributed by atoms with van der Waals surface area (Å²) in [4.78, 5) is 48.6. The molecule has 3 rings (SSSR count). The minimum atomic E-state index is -0.678. The van der Waals surface area contributed by atoms with Gasteiger partial charge in [0.15, 0.2) is 0 Å². The monoisotopic (exact) mass is 381 g/mol. The molecule has 0 atom stereocenters. The van der Waals surface area contributed by atoms with Crippen molar-refractivity contribution in [1.82, 2.24) is 0 Å². The Morgan fingerprint density at radius 1 is 0.964 bits per heavy atom. The number of carbonyl (C=O) groups excluding carboxylic acids is 4. The second kappa shape index (κ2) is 8.21. The van der Waals surface area contributed by atoms with Gasteiger partial charge in [0.1, 0.15) is 6.54 Å². The van der Waals surface area contributed by atoms with Gasteiger partial charge < -0.3 is 26.6 Å². The van der Waals surface area contributed by atoms with Crippen molar-refractivity contribution in [2.45, 2.75) is 12.8 Å². The van der Waals surface area contributed by atoms with Gasteiger partial charge in [0, 0.05) is 24.2 Å². The van der Waals surface area contributed by atoms with Crippen LogP contribution in [-0.2, 0) is 14.4 Å². The maximum absolute atomic E-state index is 12.5. The lowest BCUT2D eigenvalue weighted by atomic mass is 10.1. The summed E-state index contributed by atoms with van der Waals surface area (Å²) < 4.78 is 0. The van der Waals surface area contributed by atoms with Gasteiger partial charge in [-0.15, -0.1) is 0 Å². The standard InChI is InChI=1S/C19H19N5O4/c20-19(28)22-13-7-5-12(6-8-13)21-16(25)9-10-18(27)24-11-17(26)23-14-3-1-2-4-15(14)24/h1-8H,9-11H2,(H,21,25)(H,23,26)(H3,20,22,28). The summed E-state index contributed by atoms with van der Waals surface area (Å²) in [5, 5.41) is 7.80. The third kappa shape index (κ3) is 4.64. The zero-order valence-corrected chi connectivity index (χ0v) is 14.9. The number of carbonyl (C=O) groups is 4. The van der Waals surface area contributed by atoms with E-state index in [1.54, 1.807) is 48.5 Å². The van der Waals surface area contributed by atoms with Gasteiger partial charge in [-0.1, -0.05) is 12.1 Å². The van der Waals surface area contributed by atoms with Crippen LogP contribution in [0.1, 0.15) is 12.8 Å². The van der Waals surface area contributed by atoms with E-state index < -0.39 is 6.03 Å². The van der Waals surface area contributed by atoms with Gasteiger partial charge in [-0.2, -0.15) is 0 Å². The number of nitrogens with zero attached hydrogens (tertiary/aromatic N) is 1. The van der Waals surface area contributed by atoms with Crippen LogP contribution in [0, 0.1) is 0 Å². The molecule has 0 aromatic heterocycles. The Balaban J connectivity index is 1.55. The van der Waals surface area contributed by atoms with Crippen molar-refractivity contribution in [3.8, 4) is 0 Å². The fourth-order valence-electron chi connectivity index (χ4n) is 2.81. The van der Waals surface area contributed by atoms with E-state index >= 15 is 0 Å². The zero-order chi connectivity index (χ0) is 20.1. The first-order chi connectivity index (χ1) is 13.4. The summed E-state index contributed by atoms with van der Waals surface area (Å²) >= 11 is 0. The second-order valence-electron chi connectivity index (χ2n) is 6.16. The van der Waals surface area contributed by atoms with E-state index in [2.05, 4.69) is 16.0 Å². The molecule has 0 radical (unpaired) electrons. The van der Waals surface area contributed by atoms with Crippen molar-refractivity contribution < 1.29 is 19.2 Å². The molecule has 2 aromatic carbocycles. The summed E-state index contributed by atoms with van der Waals surface area (Å²) in [7, 11) is 0. The van der Waals surface area contributed by atoms with Crippen LogP contribution in [0.25, 0.3) is 0 Å². The van der Waals surface area contributed by atoms with Crippen molar-refractivity contribution >= 4 is 46.5 Å². The van der Waals surface area contributed by atoms with E-state index in [0.29, 0.717) is 22.7 Å². The highest BCUT2D eigenvalue weighted by Gasteiger charge is 2.26. The Hall–Kier alpha value is -3.88. The van der Waals surface area contributed by atoms with Gasteiger partial charge in [-0.25, -0.2) is 4.79 Å². The first-order valence-electron chi connectivity index (χ1n) is 8.58. The van der Waals surface area contributed by atoms with Crippen molar-refractivity contribution in [3.63, 3.8) is 0 Å². The van der Waals surface area contributed by atoms with Crippen LogP contribution in [0.15, 0.2) is 48.5 Å². The van der Waals surface area contributed by atoms with E-state index in [9.17, 15) is 19.2 Å². The second-order valence-corrected chi connectivity index (χ2v) is 6.16. The summed E-state index contributed by atoms with van der Waals surface area (Å²) in [6.45, 7) is -0.0776. The molecular weight excluding hydrogens is 362 g/mol. The number of primary amides is 1. The molecule has 9 nitrogen and oxygen atoms in total. The molecule has 5 N–H and O–H groups in total. The summed E-state index contributed by atoms with van der Waals surface area (Å²) in [6.07, 6.45) is -0.0603. The van der Waals surface area contributed by atoms with Crippen molar-refractivity contribution in [3.05, 3.63) is 48.5 Å². The van der Waals surface area contributed by atoms with Crippen LogP contribution in [0.4, 0.5) is 27.5 Å². The lowest BCUT2D eigenvalue weighted by molar-refractivity contribution is -0.124. The summed E-state index contributed by atoms with van der Waals surface area (Å²) in [5.74, 6) is -0.918. The average molecular weight is 381 g/mol.